The Morgan fingerprint density at radius 3 is 2.55 bits per heavy atom. The number of hydrazone groups is 1. The molecular weight excluding hydrogens is 396 g/mol. The van der Waals surface area contributed by atoms with E-state index in [1.165, 1.54) is 0 Å². The van der Waals surface area contributed by atoms with Crippen LogP contribution in [-0.2, 0) is 18.4 Å². The normalized spacial score (nSPS) is 20.4. The third kappa shape index (κ3) is 4.19. The summed E-state index contributed by atoms with van der Waals surface area (Å²) in [7, 11) is 2.01. The molecule has 1 unspecified atom stereocenters. The standard InChI is InChI=1S/C22H26N6O3/c1-25-7-6-23-21(25)15-26-8-10-27(11-9-26)16-22(29)28-18(20-5-3-13-31-20)14-17(24-28)19-4-2-12-30-19/h2-7,12-13,18H,8-11,14-16H2,1H3. The minimum atomic E-state index is -0.243. The van der Waals surface area contributed by atoms with E-state index < -0.39 is 0 Å². The summed E-state index contributed by atoms with van der Waals surface area (Å²) in [4.78, 5) is 22.2. The summed E-state index contributed by atoms with van der Waals surface area (Å²) >= 11 is 0. The number of amides is 1. The van der Waals surface area contributed by atoms with Gasteiger partial charge in [-0.1, -0.05) is 0 Å². The van der Waals surface area contributed by atoms with E-state index >= 15 is 0 Å². The lowest BCUT2D eigenvalue weighted by Gasteiger charge is -2.34. The lowest BCUT2D eigenvalue weighted by atomic mass is 10.1. The maximum Gasteiger partial charge on any atom is 0.257 e. The van der Waals surface area contributed by atoms with Gasteiger partial charge < -0.3 is 13.4 Å². The molecule has 3 aromatic heterocycles. The van der Waals surface area contributed by atoms with E-state index in [9.17, 15) is 4.79 Å². The second-order valence-corrected chi connectivity index (χ2v) is 8.00. The van der Waals surface area contributed by atoms with Crippen LogP contribution in [0.3, 0.4) is 0 Å². The predicted molar refractivity (Wildman–Crippen MR) is 113 cm³/mol. The van der Waals surface area contributed by atoms with Crippen molar-refractivity contribution in [2.45, 2.75) is 19.0 Å². The molecule has 5 heterocycles. The Balaban J connectivity index is 1.22. The molecule has 5 rings (SSSR count). The summed E-state index contributed by atoms with van der Waals surface area (Å²) in [6.45, 7) is 4.65. The molecular formula is C22H26N6O3. The molecule has 1 amide bonds. The zero-order chi connectivity index (χ0) is 21.2. The first-order valence-corrected chi connectivity index (χ1v) is 10.5. The second-order valence-electron chi connectivity index (χ2n) is 8.00. The van der Waals surface area contributed by atoms with E-state index in [1.807, 2.05) is 48.3 Å². The molecule has 1 saturated heterocycles. The van der Waals surface area contributed by atoms with Crippen molar-refractivity contribution in [3.63, 3.8) is 0 Å². The van der Waals surface area contributed by atoms with Gasteiger partial charge in [-0.2, -0.15) is 5.10 Å². The number of piperazine rings is 1. The number of nitrogens with zero attached hydrogens (tertiary/aromatic N) is 6. The Morgan fingerprint density at radius 2 is 1.87 bits per heavy atom. The van der Waals surface area contributed by atoms with Crippen molar-refractivity contribution in [3.05, 3.63) is 66.5 Å². The number of rotatable bonds is 6. The molecule has 162 valence electrons. The molecule has 0 spiro atoms. The monoisotopic (exact) mass is 422 g/mol. The van der Waals surface area contributed by atoms with E-state index in [0.29, 0.717) is 18.7 Å². The van der Waals surface area contributed by atoms with Gasteiger partial charge in [0.05, 0.1) is 25.6 Å². The van der Waals surface area contributed by atoms with Crippen molar-refractivity contribution >= 4 is 11.6 Å². The highest BCUT2D eigenvalue weighted by molar-refractivity contribution is 6.01. The largest absolute Gasteiger partial charge is 0.467 e. The second kappa shape index (κ2) is 8.52. The van der Waals surface area contributed by atoms with Crippen molar-refractivity contribution in [2.75, 3.05) is 32.7 Å². The summed E-state index contributed by atoms with van der Waals surface area (Å²) < 4.78 is 13.2. The number of imidazole rings is 1. The third-order valence-electron chi connectivity index (χ3n) is 5.95. The summed E-state index contributed by atoms with van der Waals surface area (Å²) in [6.07, 6.45) is 7.61. The highest BCUT2D eigenvalue weighted by atomic mass is 16.3. The van der Waals surface area contributed by atoms with Crippen molar-refractivity contribution in [3.8, 4) is 0 Å². The quantitative estimate of drug-likeness (QED) is 0.605. The first-order chi connectivity index (χ1) is 15.2. The number of carbonyl (C=O) groups excluding carboxylic acids is 1. The predicted octanol–water partition coefficient (Wildman–Crippen LogP) is 2.10. The van der Waals surface area contributed by atoms with Gasteiger partial charge in [-0.3, -0.25) is 14.6 Å². The van der Waals surface area contributed by atoms with E-state index in [1.54, 1.807) is 17.5 Å². The molecule has 1 fully saturated rings. The number of furan rings is 2. The van der Waals surface area contributed by atoms with Crippen LogP contribution >= 0.6 is 0 Å². The van der Waals surface area contributed by atoms with Crippen molar-refractivity contribution < 1.29 is 13.6 Å². The molecule has 0 aromatic carbocycles. The fourth-order valence-electron chi connectivity index (χ4n) is 4.15. The maximum atomic E-state index is 13.2. The molecule has 9 heteroatoms. The fourth-order valence-corrected chi connectivity index (χ4v) is 4.15. The molecule has 0 aliphatic carbocycles. The van der Waals surface area contributed by atoms with Gasteiger partial charge in [0.15, 0.2) is 0 Å². The minimum Gasteiger partial charge on any atom is -0.467 e. The first kappa shape index (κ1) is 19.8. The van der Waals surface area contributed by atoms with Crippen LogP contribution in [0.1, 0.15) is 29.8 Å². The van der Waals surface area contributed by atoms with Gasteiger partial charge in [-0.05, 0) is 24.3 Å². The Morgan fingerprint density at radius 1 is 1.10 bits per heavy atom. The molecule has 2 aliphatic heterocycles. The summed E-state index contributed by atoms with van der Waals surface area (Å²) in [5, 5.41) is 6.17. The van der Waals surface area contributed by atoms with E-state index in [2.05, 4.69) is 19.9 Å². The number of hydrogen-bond donors (Lipinski definition) is 0. The minimum absolute atomic E-state index is 0.0273. The van der Waals surface area contributed by atoms with Crippen LogP contribution < -0.4 is 0 Å². The van der Waals surface area contributed by atoms with Gasteiger partial charge in [0.1, 0.15) is 29.1 Å². The highest BCUT2D eigenvalue weighted by Gasteiger charge is 2.36. The number of aromatic nitrogens is 2. The summed E-state index contributed by atoms with van der Waals surface area (Å²) in [6, 6.07) is 7.18. The molecule has 3 aromatic rings. The molecule has 0 N–H and O–H groups in total. The van der Waals surface area contributed by atoms with Crippen LogP contribution in [0.4, 0.5) is 0 Å². The number of aryl methyl sites for hydroxylation is 1. The number of carbonyl (C=O) groups is 1. The average molecular weight is 422 g/mol. The Hall–Kier alpha value is -3.17. The SMILES string of the molecule is Cn1ccnc1CN1CCN(CC(=O)N2N=C(c3ccco3)CC2c2ccco2)CC1. The van der Waals surface area contributed by atoms with Gasteiger partial charge in [0.25, 0.3) is 5.91 Å². The maximum absolute atomic E-state index is 13.2. The number of hydrogen-bond acceptors (Lipinski definition) is 7. The molecule has 31 heavy (non-hydrogen) atoms. The van der Waals surface area contributed by atoms with Gasteiger partial charge in [0, 0.05) is 52.0 Å². The Kier molecular flexibility index (Phi) is 5.44. The fraction of sp³-hybridized carbons (Fsp3) is 0.409. The van der Waals surface area contributed by atoms with Crippen molar-refractivity contribution in [2.24, 2.45) is 12.1 Å². The van der Waals surface area contributed by atoms with Gasteiger partial charge in [-0.25, -0.2) is 9.99 Å². The molecule has 0 saturated carbocycles. The molecule has 2 aliphatic rings. The summed E-state index contributed by atoms with van der Waals surface area (Å²) in [5.41, 5.74) is 0.764. The van der Waals surface area contributed by atoms with Crippen LogP contribution in [0.2, 0.25) is 0 Å². The topological polar surface area (TPSA) is 83.3 Å². The van der Waals surface area contributed by atoms with Gasteiger partial charge in [0.2, 0.25) is 0 Å². The van der Waals surface area contributed by atoms with Crippen LogP contribution in [0.5, 0.6) is 0 Å². The van der Waals surface area contributed by atoms with Crippen LogP contribution in [0.25, 0.3) is 0 Å². The highest BCUT2D eigenvalue weighted by Crippen LogP contribution is 2.33. The summed E-state index contributed by atoms with van der Waals surface area (Å²) in [5.74, 6) is 2.46. The van der Waals surface area contributed by atoms with E-state index in [-0.39, 0.29) is 11.9 Å². The first-order valence-electron chi connectivity index (χ1n) is 10.5. The van der Waals surface area contributed by atoms with E-state index in [0.717, 1.165) is 50.0 Å². The zero-order valence-electron chi connectivity index (χ0n) is 17.6. The third-order valence-corrected chi connectivity index (χ3v) is 5.95. The van der Waals surface area contributed by atoms with Crippen LogP contribution in [0.15, 0.2) is 63.1 Å². The zero-order valence-corrected chi connectivity index (χ0v) is 17.6. The molecule has 1 atom stereocenters. The Bertz CT molecular complexity index is 1030. The molecule has 0 radical (unpaired) electrons. The lowest BCUT2D eigenvalue weighted by Crippen LogP contribution is -2.49. The van der Waals surface area contributed by atoms with Crippen molar-refractivity contribution in [1.82, 2.24) is 24.4 Å². The van der Waals surface area contributed by atoms with Crippen LogP contribution in [-0.4, -0.2) is 68.7 Å². The molecule has 9 nitrogen and oxygen atoms in total. The van der Waals surface area contributed by atoms with Crippen LogP contribution in [0, 0.1) is 0 Å². The van der Waals surface area contributed by atoms with Gasteiger partial charge >= 0.3 is 0 Å². The Labute approximate surface area is 180 Å². The van der Waals surface area contributed by atoms with E-state index in [4.69, 9.17) is 8.83 Å². The lowest BCUT2D eigenvalue weighted by molar-refractivity contribution is -0.135. The van der Waals surface area contributed by atoms with Gasteiger partial charge in [-0.15, -0.1) is 0 Å². The smallest absolute Gasteiger partial charge is 0.257 e. The average Bonchev–Trinajstić information content (AvgIpc) is 3.57. The van der Waals surface area contributed by atoms with Crippen molar-refractivity contribution in [1.29, 1.82) is 0 Å². The molecule has 0 bridgehead atoms.